The Bertz CT molecular complexity index is 1130. The van der Waals surface area contributed by atoms with Crippen LogP contribution >= 0.6 is 11.6 Å². The minimum atomic E-state index is -1.53. The number of methoxy groups -OCH3 is 1. The monoisotopic (exact) mass is 435 g/mol. The molecular formula is C25H22ClNO4. The molecule has 3 aromatic rings. The number of anilines is 1. The van der Waals surface area contributed by atoms with E-state index in [2.05, 4.69) is 0 Å². The molecule has 0 fully saturated rings. The highest BCUT2D eigenvalue weighted by atomic mass is 35.5. The van der Waals surface area contributed by atoms with Gasteiger partial charge in [0.25, 0.3) is 5.91 Å². The maximum atomic E-state index is 13.7. The van der Waals surface area contributed by atoms with Gasteiger partial charge in [-0.3, -0.25) is 4.79 Å². The summed E-state index contributed by atoms with van der Waals surface area (Å²) in [7, 11) is 1.58. The highest BCUT2D eigenvalue weighted by Crippen LogP contribution is 2.46. The number of hydrogen-bond donors (Lipinski definition) is 0. The molecule has 0 spiro atoms. The first-order valence-corrected chi connectivity index (χ1v) is 10.4. The Balaban J connectivity index is 1.86. The molecule has 0 aliphatic carbocycles. The van der Waals surface area contributed by atoms with Crippen LogP contribution in [-0.4, -0.2) is 25.5 Å². The van der Waals surface area contributed by atoms with E-state index < -0.39 is 11.6 Å². The lowest BCUT2D eigenvalue weighted by Gasteiger charge is -2.29. The fourth-order valence-corrected chi connectivity index (χ4v) is 4.16. The molecule has 1 amide bonds. The summed E-state index contributed by atoms with van der Waals surface area (Å²) in [5.41, 5.74) is 0.922. The maximum Gasteiger partial charge on any atom is 0.339 e. The molecule has 6 heteroatoms. The quantitative estimate of drug-likeness (QED) is 0.511. The van der Waals surface area contributed by atoms with Crippen molar-refractivity contribution >= 4 is 29.2 Å². The second-order valence-electron chi connectivity index (χ2n) is 7.32. The van der Waals surface area contributed by atoms with Crippen molar-refractivity contribution in [2.75, 3.05) is 18.6 Å². The first-order chi connectivity index (χ1) is 15.0. The van der Waals surface area contributed by atoms with E-state index in [0.29, 0.717) is 34.1 Å². The van der Waals surface area contributed by atoms with Gasteiger partial charge in [0.15, 0.2) is 0 Å². The summed E-state index contributed by atoms with van der Waals surface area (Å²) in [4.78, 5) is 28.5. The van der Waals surface area contributed by atoms with Gasteiger partial charge in [0.1, 0.15) is 5.75 Å². The van der Waals surface area contributed by atoms with E-state index in [9.17, 15) is 9.59 Å². The van der Waals surface area contributed by atoms with Gasteiger partial charge in [-0.2, -0.15) is 0 Å². The Morgan fingerprint density at radius 2 is 1.81 bits per heavy atom. The largest absolute Gasteiger partial charge is 0.497 e. The smallest absolute Gasteiger partial charge is 0.339 e. The van der Waals surface area contributed by atoms with Crippen LogP contribution < -0.4 is 9.64 Å². The Morgan fingerprint density at radius 1 is 1.03 bits per heavy atom. The molecule has 158 valence electrons. The second-order valence-corrected chi connectivity index (χ2v) is 7.76. The number of rotatable bonds is 6. The number of amides is 1. The van der Waals surface area contributed by atoms with Crippen molar-refractivity contribution in [3.63, 3.8) is 0 Å². The Hall–Kier alpha value is -3.31. The molecule has 1 aliphatic heterocycles. The van der Waals surface area contributed by atoms with Crippen LogP contribution in [-0.2, 0) is 21.6 Å². The van der Waals surface area contributed by atoms with E-state index in [0.717, 1.165) is 5.56 Å². The SMILES string of the molecule is CCN1C(=O)C(Cc2cccc(OC)c2)(OC(=O)c2ccccc2)c2cc(Cl)ccc21. The maximum absolute atomic E-state index is 13.7. The van der Waals surface area contributed by atoms with Crippen LogP contribution in [0.3, 0.4) is 0 Å². The van der Waals surface area contributed by atoms with Crippen LogP contribution in [0.2, 0.25) is 5.02 Å². The molecule has 3 aromatic carbocycles. The van der Waals surface area contributed by atoms with Gasteiger partial charge in [0.2, 0.25) is 5.60 Å². The van der Waals surface area contributed by atoms with E-state index in [1.807, 2.05) is 37.3 Å². The van der Waals surface area contributed by atoms with Crippen molar-refractivity contribution in [2.45, 2.75) is 18.9 Å². The van der Waals surface area contributed by atoms with Gasteiger partial charge in [-0.15, -0.1) is 0 Å². The molecule has 1 heterocycles. The lowest BCUT2D eigenvalue weighted by molar-refractivity contribution is -0.137. The second kappa shape index (κ2) is 8.44. The van der Waals surface area contributed by atoms with Gasteiger partial charge in [-0.25, -0.2) is 4.79 Å². The van der Waals surface area contributed by atoms with Crippen molar-refractivity contribution in [3.8, 4) is 5.75 Å². The van der Waals surface area contributed by atoms with Crippen LogP contribution in [0.1, 0.15) is 28.4 Å². The fourth-order valence-electron chi connectivity index (χ4n) is 3.99. The van der Waals surface area contributed by atoms with E-state index in [1.165, 1.54) is 0 Å². The van der Waals surface area contributed by atoms with E-state index >= 15 is 0 Å². The summed E-state index contributed by atoms with van der Waals surface area (Å²) in [6.07, 6.45) is 0.158. The third-order valence-electron chi connectivity index (χ3n) is 5.45. The summed E-state index contributed by atoms with van der Waals surface area (Å²) in [6, 6.07) is 21.3. The van der Waals surface area contributed by atoms with Gasteiger partial charge < -0.3 is 14.4 Å². The molecule has 0 N–H and O–H groups in total. The third-order valence-corrected chi connectivity index (χ3v) is 5.69. The van der Waals surface area contributed by atoms with Gasteiger partial charge in [-0.1, -0.05) is 41.9 Å². The number of carbonyl (C=O) groups is 2. The molecule has 0 saturated carbocycles. The Labute approximate surface area is 186 Å². The molecule has 4 rings (SSSR count). The molecular weight excluding hydrogens is 414 g/mol. The molecule has 1 atom stereocenters. The van der Waals surface area contributed by atoms with Crippen LogP contribution in [0.25, 0.3) is 0 Å². The fraction of sp³-hybridized carbons (Fsp3) is 0.200. The molecule has 0 radical (unpaired) electrons. The first kappa shape index (κ1) is 20.9. The zero-order chi connectivity index (χ0) is 22.0. The van der Waals surface area contributed by atoms with Crippen LogP contribution in [0.15, 0.2) is 72.8 Å². The molecule has 5 nitrogen and oxygen atoms in total. The Kier molecular flexibility index (Phi) is 5.70. The lowest BCUT2D eigenvalue weighted by Crippen LogP contribution is -2.45. The molecule has 31 heavy (non-hydrogen) atoms. The topological polar surface area (TPSA) is 55.8 Å². The minimum Gasteiger partial charge on any atom is -0.497 e. The van der Waals surface area contributed by atoms with Gasteiger partial charge in [0, 0.05) is 23.6 Å². The number of halogens is 1. The molecule has 0 aromatic heterocycles. The zero-order valence-electron chi connectivity index (χ0n) is 17.3. The van der Waals surface area contributed by atoms with E-state index in [4.69, 9.17) is 21.1 Å². The lowest BCUT2D eigenvalue weighted by atomic mass is 9.87. The predicted octanol–water partition coefficient (Wildman–Crippen LogP) is 5.01. The summed E-state index contributed by atoms with van der Waals surface area (Å²) in [5, 5.41) is 0.468. The van der Waals surface area contributed by atoms with Crippen molar-refractivity contribution in [2.24, 2.45) is 0 Å². The summed E-state index contributed by atoms with van der Waals surface area (Å²) in [6.45, 7) is 2.33. The first-order valence-electron chi connectivity index (χ1n) is 10.0. The van der Waals surface area contributed by atoms with Crippen LogP contribution in [0.5, 0.6) is 5.75 Å². The van der Waals surface area contributed by atoms with Crippen molar-refractivity contribution in [1.29, 1.82) is 0 Å². The average molecular weight is 436 g/mol. The normalized spacial score (nSPS) is 17.4. The zero-order valence-corrected chi connectivity index (χ0v) is 18.1. The number of esters is 1. The molecule has 0 bridgehead atoms. The van der Waals surface area contributed by atoms with Crippen molar-refractivity contribution < 1.29 is 19.1 Å². The number of likely N-dealkylation sites (N-methyl/N-ethyl adjacent to an activating group) is 1. The highest BCUT2D eigenvalue weighted by Gasteiger charge is 2.54. The van der Waals surface area contributed by atoms with Crippen LogP contribution in [0.4, 0.5) is 5.69 Å². The van der Waals surface area contributed by atoms with Gasteiger partial charge >= 0.3 is 5.97 Å². The average Bonchev–Trinajstić information content (AvgIpc) is 3.01. The molecule has 1 aliphatic rings. The van der Waals surface area contributed by atoms with E-state index in [1.54, 1.807) is 54.5 Å². The van der Waals surface area contributed by atoms with Gasteiger partial charge in [-0.05, 0) is 55.0 Å². The molecule has 0 saturated heterocycles. The number of carbonyl (C=O) groups excluding carboxylic acids is 2. The minimum absolute atomic E-state index is 0.158. The number of fused-ring (bicyclic) bond motifs is 1. The number of nitrogens with zero attached hydrogens (tertiary/aromatic N) is 1. The van der Waals surface area contributed by atoms with E-state index in [-0.39, 0.29) is 12.3 Å². The number of hydrogen-bond acceptors (Lipinski definition) is 4. The summed E-state index contributed by atoms with van der Waals surface area (Å²) in [5.74, 6) is -0.203. The number of ether oxygens (including phenoxy) is 2. The summed E-state index contributed by atoms with van der Waals surface area (Å²) < 4.78 is 11.4. The van der Waals surface area contributed by atoms with Crippen molar-refractivity contribution in [3.05, 3.63) is 94.5 Å². The van der Waals surface area contributed by atoms with Crippen molar-refractivity contribution in [1.82, 2.24) is 0 Å². The standard InChI is InChI=1S/C25H22ClNO4/c1-3-27-22-13-12-19(26)15-21(22)25(24(27)29,16-17-8-7-11-20(14-17)30-2)31-23(28)18-9-5-4-6-10-18/h4-15H,3,16H2,1-2H3. The predicted molar refractivity (Wildman–Crippen MR) is 120 cm³/mol. The third kappa shape index (κ3) is 3.77. The Morgan fingerprint density at radius 3 is 2.52 bits per heavy atom. The van der Waals surface area contributed by atoms with Gasteiger partial charge in [0.05, 0.1) is 18.4 Å². The number of benzene rings is 3. The van der Waals surface area contributed by atoms with Crippen LogP contribution in [0, 0.1) is 0 Å². The molecule has 1 unspecified atom stereocenters. The summed E-state index contributed by atoms with van der Waals surface area (Å²) >= 11 is 6.30. The highest BCUT2D eigenvalue weighted by molar-refractivity contribution is 6.31.